The average Bonchev–Trinajstić information content (AvgIpc) is 3.03. The van der Waals surface area contributed by atoms with Gasteiger partial charge in [-0.1, -0.05) is 0 Å². The Balaban J connectivity index is 1.42. The molecule has 3 rings (SSSR count). The molecule has 4 heteroatoms. The Morgan fingerprint density at radius 1 is 1.12 bits per heavy atom. The molecule has 1 spiro atoms. The van der Waals surface area contributed by atoms with Crippen molar-refractivity contribution in [3.63, 3.8) is 0 Å². The van der Waals surface area contributed by atoms with E-state index in [2.05, 4.69) is 11.6 Å². The fraction of sp³-hybridized carbons (Fsp3) is 1.00. The summed E-state index contributed by atoms with van der Waals surface area (Å²) in [5.74, 6) is -0.199. The molecular weight excluding hydrogens is 234 g/mol. The van der Waals surface area contributed by atoms with Crippen LogP contribution >= 0.6 is 11.8 Å². The number of hydrogen-bond acceptors (Lipinski definition) is 4. The maximum absolute atomic E-state index is 5.75. The van der Waals surface area contributed by atoms with Crippen LogP contribution in [0.25, 0.3) is 0 Å². The first-order chi connectivity index (χ1) is 8.26. The van der Waals surface area contributed by atoms with E-state index in [-0.39, 0.29) is 5.79 Å². The van der Waals surface area contributed by atoms with Crippen LogP contribution in [-0.4, -0.2) is 42.6 Å². The van der Waals surface area contributed by atoms with Crippen LogP contribution in [0.15, 0.2) is 0 Å². The zero-order valence-electron chi connectivity index (χ0n) is 10.7. The van der Waals surface area contributed by atoms with Gasteiger partial charge in [-0.05, 0) is 31.9 Å². The molecule has 0 radical (unpaired) electrons. The van der Waals surface area contributed by atoms with Crippen molar-refractivity contribution in [1.82, 2.24) is 5.32 Å². The number of ether oxygens (including phenoxy) is 2. The van der Waals surface area contributed by atoms with E-state index in [0.29, 0.717) is 10.8 Å². The fourth-order valence-electron chi connectivity index (χ4n) is 2.97. The van der Waals surface area contributed by atoms with Gasteiger partial charge in [-0.3, -0.25) is 0 Å². The molecule has 1 saturated heterocycles. The van der Waals surface area contributed by atoms with Crippen molar-refractivity contribution in [3.8, 4) is 0 Å². The smallest absolute Gasteiger partial charge is 0.168 e. The highest BCUT2D eigenvalue weighted by Crippen LogP contribution is 2.46. The maximum atomic E-state index is 5.75. The number of hydrogen-bond donors (Lipinski definition) is 1. The van der Waals surface area contributed by atoms with Gasteiger partial charge in [0.1, 0.15) is 0 Å². The van der Waals surface area contributed by atoms with E-state index >= 15 is 0 Å². The van der Waals surface area contributed by atoms with Crippen molar-refractivity contribution < 1.29 is 9.47 Å². The lowest BCUT2D eigenvalue weighted by Crippen LogP contribution is -2.44. The number of rotatable bonds is 4. The summed E-state index contributed by atoms with van der Waals surface area (Å²) in [7, 11) is 0. The second-order valence-corrected chi connectivity index (χ2v) is 6.92. The Morgan fingerprint density at radius 3 is 2.29 bits per heavy atom. The summed E-state index contributed by atoms with van der Waals surface area (Å²) in [6, 6.07) is 0.679. The highest BCUT2D eigenvalue weighted by atomic mass is 32.2. The highest BCUT2D eigenvalue weighted by Gasteiger charge is 2.43. The zero-order valence-corrected chi connectivity index (χ0v) is 11.5. The molecule has 2 aliphatic carbocycles. The molecule has 0 unspecified atom stereocenters. The predicted octanol–water partition coefficient (Wildman–Crippen LogP) is 2.16. The predicted molar refractivity (Wildman–Crippen MR) is 70.4 cm³/mol. The third kappa shape index (κ3) is 2.65. The molecule has 0 amide bonds. The summed E-state index contributed by atoms with van der Waals surface area (Å²) in [5, 5.41) is 3.75. The molecule has 17 heavy (non-hydrogen) atoms. The van der Waals surface area contributed by atoms with E-state index < -0.39 is 0 Å². The highest BCUT2D eigenvalue weighted by molar-refractivity contribution is 8.00. The molecule has 0 aromatic heterocycles. The van der Waals surface area contributed by atoms with Crippen molar-refractivity contribution in [1.29, 1.82) is 0 Å². The summed E-state index contributed by atoms with van der Waals surface area (Å²) in [6.07, 6.45) is 9.56. The normalized spacial score (nSPS) is 30.9. The largest absolute Gasteiger partial charge is 0.348 e. The minimum Gasteiger partial charge on any atom is -0.348 e. The molecule has 1 heterocycles. The van der Waals surface area contributed by atoms with Crippen LogP contribution in [0.4, 0.5) is 0 Å². The van der Waals surface area contributed by atoms with Gasteiger partial charge in [-0.2, -0.15) is 11.8 Å². The standard InChI is InChI=1S/C13H23NO2S/c1-17-12(6-7-12)10-14-11-2-4-13(5-3-11)15-8-9-16-13/h11,14H,2-10H2,1H3. The van der Waals surface area contributed by atoms with Gasteiger partial charge in [-0.25, -0.2) is 0 Å². The minimum atomic E-state index is -0.199. The summed E-state index contributed by atoms with van der Waals surface area (Å²) < 4.78 is 12.1. The van der Waals surface area contributed by atoms with Gasteiger partial charge in [0.05, 0.1) is 13.2 Å². The van der Waals surface area contributed by atoms with Gasteiger partial charge in [-0.15, -0.1) is 0 Å². The van der Waals surface area contributed by atoms with Gasteiger partial charge >= 0.3 is 0 Å². The summed E-state index contributed by atoms with van der Waals surface area (Å²) in [6.45, 7) is 2.76. The lowest BCUT2D eigenvalue weighted by Gasteiger charge is -2.36. The van der Waals surface area contributed by atoms with E-state index in [9.17, 15) is 0 Å². The lowest BCUT2D eigenvalue weighted by atomic mass is 9.90. The zero-order chi connectivity index (χ0) is 11.8. The van der Waals surface area contributed by atoms with Crippen LogP contribution < -0.4 is 5.32 Å². The van der Waals surface area contributed by atoms with Crippen molar-refractivity contribution in [3.05, 3.63) is 0 Å². The first kappa shape index (κ1) is 12.3. The van der Waals surface area contributed by atoms with E-state index in [1.165, 1.54) is 32.2 Å². The van der Waals surface area contributed by atoms with E-state index in [4.69, 9.17) is 9.47 Å². The SMILES string of the molecule is CSC1(CNC2CCC3(CC2)OCCO3)CC1. The minimum absolute atomic E-state index is 0.199. The van der Waals surface area contributed by atoms with Crippen molar-refractivity contribution in [2.75, 3.05) is 26.0 Å². The van der Waals surface area contributed by atoms with Crippen LogP contribution in [0.2, 0.25) is 0 Å². The molecule has 3 fully saturated rings. The lowest BCUT2D eigenvalue weighted by molar-refractivity contribution is -0.179. The van der Waals surface area contributed by atoms with Crippen molar-refractivity contribution in [2.24, 2.45) is 0 Å². The van der Waals surface area contributed by atoms with Crippen LogP contribution in [-0.2, 0) is 9.47 Å². The first-order valence-corrected chi connectivity index (χ1v) is 8.05. The Morgan fingerprint density at radius 2 is 1.76 bits per heavy atom. The third-order valence-electron chi connectivity index (χ3n) is 4.51. The molecule has 98 valence electrons. The van der Waals surface area contributed by atoms with Crippen molar-refractivity contribution in [2.45, 2.75) is 55.1 Å². The van der Waals surface area contributed by atoms with Gasteiger partial charge < -0.3 is 14.8 Å². The van der Waals surface area contributed by atoms with Gasteiger partial charge in [0.2, 0.25) is 0 Å². The third-order valence-corrected chi connectivity index (χ3v) is 5.93. The molecule has 3 nitrogen and oxygen atoms in total. The average molecular weight is 257 g/mol. The van der Waals surface area contributed by atoms with Crippen LogP contribution in [0.5, 0.6) is 0 Å². The Kier molecular flexibility index (Phi) is 3.41. The quantitative estimate of drug-likeness (QED) is 0.836. The van der Waals surface area contributed by atoms with E-state index in [0.717, 1.165) is 26.1 Å². The second kappa shape index (κ2) is 4.72. The second-order valence-electron chi connectivity index (χ2n) is 5.65. The molecule has 0 aromatic carbocycles. The monoisotopic (exact) mass is 257 g/mol. The fourth-order valence-corrected chi connectivity index (χ4v) is 3.71. The molecule has 0 bridgehead atoms. The van der Waals surface area contributed by atoms with Gasteiger partial charge in [0, 0.05) is 30.2 Å². The first-order valence-electron chi connectivity index (χ1n) is 6.82. The summed E-state index contributed by atoms with van der Waals surface area (Å²) >= 11 is 2.03. The molecule has 1 aliphatic heterocycles. The molecule has 0 aromatic rings. The number of nitrogens with one attached hydrogen (secondary N) is 1. The van der Waals surface area contributed by atoms with Crippen molar-refractivity contribution >= 4 is 11.8 Å². The topological polar surface area (TPSA) is 30.5 Å². The summed E-state index contributed by atoms with van der Waals surface area (Å²) in [5.41, 5.74) is 0. The number of thioether (sulfide) groups is 1. The molecule has 1 N–H and O–H groups in total. The Labute approximate surface area is 108 Å². The summed E-state index contributed by atoms with van der Waals surface area (Å²) in [4.78, 5) is 0. The van der Waals surface area contributed by atoms with Crippen LogP contribution in [0, 0.1) is 0 Å². The Bertz CT molecular complexity index is 265. The molecule has 0 atom stereocenters. The molecular formula is C13H23NO2S. The van der Waals surface area contributed by atoms with E-state index in [1.807, 2.05) is 11.8 Å². The van der Waals surface area contributed by atoms with Crippen LogP contribution in [0.1, 0.15) is 38.5 Å². The van der Waals surface area contributed by atoms with E-state index in [1.54, 1.807) is 0 Å². The molecule has 3 aliphatic rings. The Hall–Kier alpha value is 0.230. The van der Waals surface area contributed by atoms with Gasteiger partial charge in [0.25, 0.3) is 0 Å². The maximum Gasteiger partial charge on any atom is 0.168 e. The molecule has 2 saturated carbocycles. The van der Waals surface area contributed by atoms with Crippen LogP contribution in [0.3, 0.4) is 0 Å². The van der Waals surface area contributed by atoms with Gasteiger partial charge in [0.15, 0.2) is 5.79 Å².